The largest absolute Gasteiger partial charge is 0.481 e. The number of carboxylic acid groups (broad SMARTS) is 2. The zero-order valence-corrected chi connectivity index (χ0v) is 20.0. The minimum absolute atomic E-state index is 0.101. The molecular formula is C20H33N7O7S. The molecule has 0 aliphatic heterocycles. The lowest BCUT2D eigenvalue weighted by Crippen LogP contribution is -2.57. The monoisotopic (exact) mass is 515 g/mol. The number of nitrogens with one attached hydrogen (secondary N) is 4. The minimum atomic E-state index is -1.30. The molecule has 0 fully saturated rings. The van der Waals surface area contributed by atoms with E-state index in [0.717, 1.165) is 0 Å². The summed E-state index contributed by atoms with van der Waals surface area (Å²) in [4.78, 5) is 67.1. The Bertz CT molecular complexity index is 853. The first-order valence-electron chi connectivity index (χ1n) is 11.0. The predicted molar refractivity (Wildman–Crippen MR) is 127 cm³/mol. The van der Waals surface area contributed by atoms with Gasteiger partial charge in [-0.2, -0.15) is 12.6 Å². The molecule has 0 spiro atoms. The standard InChI is InChI=1S/C20H33N7O7S/c21-6-2-1-3-13(18(31)27-15(9-35)20(33)34)26-19(32)14(4-5-16(28)29)25-17(30)12(22)7-11-8-23-10-24-11/h8,10,12-15,35H,1-7,9,21-22H2,(H,23,24)(H,25,30)(H,26,32)(H,27,31)(H,28,29)(H,33,34). The normalized spacial score (nSPS) is 14.3. The predicted octanol–water partition coefficient (Wildman–Crippen LogP) is -2.26. The molecule has 1 heterocycles. The van der Waals surface area contributed by atoms with Crippen molar-refractivity contribution in [2.75, 3.05) is 12.3 Å². The molecule has 14 nitrogen and oxygen atoms in total. The number of aliphatic carboxylic acids is 2. The molecular weight excluding hydrogens is 482 g/mol. The summed E-state index contributed by atoms with van der Waals surface area (Å²) in [7, 11) is 0. The van der Waals surface area contributed by atoms with Crippen LogP contribution < -0.4 is 27.4 Å². The number of nitrogens with two attached hydrogens (primary N) is 2. The number of H-pyrrole nitrogens is 1. The lowest BCUT2D eigenvalue weighted by atomic mass is 10.0. The first kappa shape index (κ1) is 29.9. The van der Waals surface area contributed by atoms with Gasteiger partial charge in [-0.15, -0.1) is 0 Å². The second-order valence-electron chi connectivity index (χ2n) is 7.81. The van der Waals surface area contributed by atoms with Crippen LogP contribution in [0.4, 0.5) is 0 Å². The summed E-state index contributed by atoms with van der Waals surface area (Å²) >= 11 is 3.90. The number of imidazole rings is 1. The zero-order valence-electron chi connectivity index (χ0n) is 19.1. The van der Waals surface area contributed by atoms with Crippen LogP contribution in [0.25, 0.3) is 0 Å². The van der Waals surface area contributed by atoms with Crippen molar-refractivity contribution in [1.82, 2.24) is 25.9 Å². The molecule has 3 amide bonds. The minimum Gasteiger partial charge on any atom is -0.481 e. The molecule has 196 valence electrons. The highest BCUT2D eigenvalue weighted by atomic mass is 32.1. The molecule has 0 saturated heterocycles. The molecule has 10 N–H and O–H groups in total. The molecule has 0 saturated carbocycles. The van der Waals surface area contributed by atoms with E-state index in [-0.39, 0.29) is 25.0 Å². The van der Waals surface area contributed by atoms with Crippen LogP contribution in [0.5, 0.6) is 0 Å². The Hall–Kier alpha value is -3.17. The first-order valence-corrected chi connectivity index (χ1v) is 11.6. The van der Waals surface area contributed by atoms with Gasteiger partial charge in [-0.25, -0.2) is 9.78 Å². The summed E-state index contributed by atoms with van der Waals surface area (Å²) in [5, 5.41) is 25.4. The van der Waals surface area contributed by atoms with Crippen LogP contribution in [0.2, 0.25) is 0 Å². The number of carboxylic acids is 2. The highest BCUT2D eigenvalue weighted by molar-refractivity contribution is 7.80. The molecule has 0 aliphatic rings. The number of rotatable bonds is 17. The van der Waals surface area contributed by atoms with Crippen LogP contribution in [0.15, 0.2) is 12.5 Å². The number of carbonyl (C=O) groups excluding carboxylic acids is 3. The Morgan fingerprint density at radius 2 is 1.57 bits per heavy atom. The van der Waals surface area contributed by atoms with Crippen molar-refractivity contribution in [2.45, 2.75) is 62.7 Å². The van der Waals surface area contributed by atoms with Gasteiger partial charge in [0.05, 0.1) is 12.4 Å². The summed E-state index contributed by atoms with van der Waals surface area (Å²) in [6.45, 7) is 0.349. The molecule has 0 aromatic carbocycles. The van der Waals surface area contributed by atoms with Crippen LogP contribution in [-0.2, 0) is 30.4 Å². The molecule has 4 unspecified atom stereocenters. The zero-order chi connectivity index (χ0) is 26.4. The Balaban J connectivity index is 2.94. The van der Waals surface area contributed by atoms with Gasteiger partial charge in [0.25, 0.3) is 0 Å². The number of hydrogen-bond acceptors (Lipinski definition) is 9. The number of thiol groups is 1. The van der Waals surface area contributed by atoms with Gasteiger partial charge < -0.3 is 42.6 Å². The van der Waals surface area contributed by atoms with E-state index in [1.165, 1.54) is 12.5 Å². The maximum atomic E-state index is 13.0. The second-order valence-corrected chi connectivity index (χ2v) is 8.17. The average molecular weight is 516 g/mol. The van der Waals surface area contributed by atoms with E-state index in [9.17, 15) is 24.0 Å². The van der Waals surface area contributed by atoms with E-state index < -0.39 is 60.2 Å². The number of aromatic amines is 1. The van der Waals surface area contributed by atoms with Crippen molar-refractivity contribution >= 4 is 42.3 Å². The van der Waals surface area contributed by atoms with Crippen LogP contribution in [-0.4, -0.2) is 86.3 Å². The third-order valence-corrected chi connectivity index (χ3v) is 5.35. The van der Waals surface area contributed by atoms with Gasteiger partial charge in [0.2, 0.25) is 17.7 Å². The number of carbonyl (C=O) groups is 5. The van der Waals surface area contributed by atoms with Gasteiger partial charge in [-0.05, 0) is 32.2 Å². The highest BCUT2D eigenvalue weighted by Crippen LogP contribution is 2.06. The van der Waals surface area contributed by atoms with E-state index in [0.29, 0.717) is 25.1 Å². The SMILES string of the molecule is NCCCCC(NC(=O)C(CCC(=O)O)NC(=O)C(N)Cc1cnc[nH]1)C(=O)NC(CS)C(=O)O. The van der Waals surface area contributed by atoms with Gasteiger partial charge in [0, 0.05) is 30.5 Å². The van der Waals surface area contributed by atoms with E-state index in [2.05, 4.69) is 38.5 Å². The summed E-state index contributed by atoms with van der Waals surface area (Å²) in [5.41, 5.74) is 12.0. The summed E-state index contributed by atoms with van der Waals surface area (Å²) in [5.74, 6) is -4.91. The van der Waals surface area contributed by atoms with Crippen LogP contribution >= 0.6 is 12.6 Å². The second kappa shape index (κ2) is 15.7. The number of amides is 3. The van der Waals surface area contributed by atoms with Crippen molar-refractivity contribution in [1.29, 1.82) is 0 Å². The van der Waals surface area contributed by atoms with Gasteiger partial charge in [0.1, 0.15) is 18.1 Å². The van der Waals surface area contributed by atoms with E-state index in [1.54, 1.807) is 0 Å². The van der Waals surface area contributed by atoms with Gasteiger partial charge in [0.15, 0.2) is 0 Å². The molecule has 0 aliphatic carbocycles. The maximum Gasteiger partial charge on any atom is 0.327 e. The molecule has 1 aromatic rings. The Morgan fingerprint density at radius 1 is 0.971 bits per heavy atom. The van der Waals surface area contributed by atoms with Crippen molar-refractivity contribution in [3.05, 3.63) is 18.2 Å². The summed E-state index contributed by atoms with van der Waals surface area (Å²) in [6.07, 6.45) is 3.47. The fourth-order valence-electron chi connectivity index (χ4n) is 3.03. The van der Waals surface area contributed by atoms with Crippen molar-refractivity contribution in [2.24, 2.45) is 11.5 Å². The maximum absolute atomic E-state index is 13.0. The Labute approximate surface area is 207 Å². The van der Waals surface area contributed by atoms with Crippen molar-refractivity contribution < 1.29 is 34.2 Å². The van der Waals surface area contributed by atoms with Gasteiger partial charge >= 0.3 is 11.9 Å². The molecule has 0 bridgehead atoms. The van der Waals surface area contributed by atoms with Gasteiger partial charge in [-0.1, -0.05) is 0 Å². The molecule has 0 radical (unpaired) electrons. The summed E-state index contributed by atoms with van der Waals surface area (Å²) in [6, 6.07) is -4.76. The Kier molecular flexibility index (Phi) is 13.4. The van der Waals surface area contributed by atoms with E-state index in [1.807, 2.05) is 0 Å². The smallest absolute Gasteiger partial charge is 0.327 e. The van der Waals surface area contributed by atoms with E-state index in [4.69, 9.17) is 21.7 Å². The molecule has 15 heteroatoms. The molecule has 1 rings (SSSR count). The number of aromatic nitrogens is 2. The number of hydrogen-bond donors (Lipinski definition) is 9. The summed E-state index contributed by atoms with van der Waals surface area (Å²) < 4.78 is 0. The molecule has 1 aromatic heterocycles. The van der Waals surface area contributed by atoms with Crippen LogP contribution in [0.1, 0.15) is 37.8 Å². The van der Waals surface area contributed by atoms with Crippen molar-refractivity contribution in [3.63, 3.8) is 0 Å². The van der Waals surface area contributed by atoms with Crippen LogP contribution in [0.3, 0.4) is 0 Å². The topological polar surface area (TPSA) is 243 Å². The molecule has 35 heavy (non-hydrogen) atoms. The quantitative estimate of drug-likeness (QED) is 0.0796. The van der Waals surface area contributed by atoms with Crippen molar-refractivity contribution in [3.8, 4) is 0 Å². The third-order valence-electron chi connectivity index (χ3n) is 4.99. The Morgan fingerprint density at radius 3 is 2.09 bits per heavy atom. The van der Waals surface area contributed by atoms with Gasteiger partial charge in [-0.3, -0.25) is 19.2 Å². The average Bonchev–Trinajstić information content (AvgIpc) is 3.31. The fraction of sp³-hybridized carbons (Fsp3) is 0.600. The number of nitrogens with zero attached hydrogens (tertiary/aromatic N) is 1. The fourth-order valence-corrected chi connectivity index (χ4v) is 3.28. The lowest BCUT2D eigenvalue weighted by Gasteiger charge is -2.25. The first-order chi connectivity index (χ1) is 16.6. The molecule has 4 atom stereocenters. The number of unbranched alkanes of at least 4 members (excludes halogenated alkanes) is 1. The highest BCUT2D eigenvalue weighted by Gasteiger charge is 2.30. The van der Waals surface area contributed by atoms with Crippen LogP contribution in [0, 0.1) is 0 Å². The third kappa shape index (κ3) is 11.2. The lowest BCUT2D eigenvalue weighted by molar-refractivity contribution is -0.141. The van der Waals surface area contributed by atoms with E-state index >= 15 is 0 Å².